The molecule has 7 heteroatoms. The van der Waals surface area contributed by atoms with Crippen molar-refractivity contribution >= 4 is 11.8 Å². The second kappa shape index (κ2) is 10.3. The fourth-order valence-corrected chi connectivity index (χ4v) is 4.05. The number of aliphatic imine (C=N–C) groups is 1. The summed E-state index contributed by atoms with van der Waals surface area (Å²) in [6.07, 6.45) is 1.92. The van der Waals surface area contributed by atoms with Crippen LogP contribution in [0.5, 0.6) is 0 Å². The summed E-state index contributed by atoms with van der Waals surface area (Å²) in [6.45, 7) is 17.0. The maximum absolute atomic E-state index is 4.87. The number of likely N-dealkylation sites (tertiary alicyclic amines) is 1. The maximum atomic E-state index is 4.87. The maximum Gasteiger partial charge on any atom is 0.191 e. The normalized spacial score (nSPS) is 24.3. The van der Waals surface area contributed by atoms with Crippen LogP contribution in [0.15, 0.2) is 23.3 Å². The molecule has 2 N–H and O–H groups in total. The van der Waals surface area contributed by atoms with Gasteiger partial charge >= 0.3 is 0 Å². The molecule has 2 unspecified atom stereocenters. The lowest BCUT2D eigenvalue weighted by molar-refractivity contribution is 0.265. The largest absolute Gasteiger partial charge is 0.357 e. The number of pyridine rings is 1. The number of nitrogens with one attached hydrogen (secondary N) is 2. The molecule has 0 amide bonds. The van der Waals surface area contributed by atoms with Crippen molar-refractivity contribution in [1.82, 2.24) is 25.4 Å². The molecular formula is C22H39N7. The zero-order valence-corrected chi connectivity index (χ0v) is 18.9. The van der Waals surface area contributed by atoms with Gasteiger partial charge in [-0.3, -0.25) is 4.90 Å². The van der Waals surface area contributed by atoms with E-state index in [4.69, 9.17) is 4.99 Å². The fourth-order valence-electron chi connectivity index (χ4n) is 4.05. The van der Waals surface area contributed by atoms with Crippen molar-refractivity contribution in [2.75, 3.05) is 57.8 Å². The number of piperazine rings is 1. The van der Waals surface area contributed by atoms with E-state index in [1.165, 1.54) is 5.56 Å². The molecule has 0 aliphatic carbocycles. The van der Waals surface area contributed by atoms with Crippen LogP contribution >= 0.6 is 0 Å². The highest BCUT2D eigenvalue weighted by molar-refractivity contribution is 5.80. The minimum Gasteiger partial charge on any atom is -0.357 e. The molecule has 2 saturated heterocycles. The van der Waals surface area contributed by atoms with Gasteiger partial charge in [0.25, 0.3) is 0 Å². The van der Waals surface area contributed by atoms with Crippen molar-refractivity contribution in [2.45, 2.75) is 46.3 Å². The lowest BCUT2D eigenvalue weighted by Gasteiger charge is -2.33. The van der Waals surface area contributed by atoms with Crippen molar-refractivity contribution < 1.29 is 0 Å². The average molecular weight is 402 g/mol. The van der Waals surface area contributed by atoms with Crippen LogP contribution in [0.2, 0.25) is 0 Å². The molecule has 29 heavy (non-hydrogen) atoms. The van der Waals surface area contributed by atoms with Gasteiger partial charge < -0.3 is 20.4 Å². The molecule has 3 heterocycles. The Hall–Kier alpha value is -1.86. The summed E-state index contributed by atoms with van der Waals surface area (Å²) in [4.78, 5) is 16.7. The van der Waals surface area contributed by atoms with E-state index in [0.717, 1.165) is 57.6 Å². The summed E-state index contributed by atoms with van der Waals surface area (Å²) in [5.41, 5.74) is 1.20. The predicted molar refractivity (Wildman–Crippen MR) is 122 cm³/mol. The van der Waals surface area contributed by atoms with Gasteiger partial charge in [0, 0.05) is 64.1 Å². The highest BCUT2D eigenvalue weighted by Crippen LogP contribution is 2.19. The highest BCUT2D eigenvalue weighted by Gasteiger charge is 2.31. The summed E-state index contributed by atoms with van der Waals surface area (Å²) in [6, 6.07) is 5.30. The molecule has 0 bridgehead atoms. The van der Waals surface area contributed by atoms with Gasteiger partial charge in [0.2, 0.25) is 0 Å². The molecule has 1 aromatic rings. The van der Waals surface area contributed by atoms with Gasteiger partial charge in [-0.05, 0) is 51.4 Å². The molecular weight excluding hydrogens is 362 g/mol. The van der Waals surface area contributed by atoms with Gasteiger partial charge in [0.05, 0.1) is 6.54 Å². The van der Waals surface area contributed by atoms with Crippen LogP contribution in [-0.4, -0.2) is 85.7 Å². The second-order valence-electron chi connectivity index (χ2n) is 8.78. The molecule has 7 nitrogen and oxygen atoms in total. The van der Waals surface area contributed by atoms with Crippen molar-refractivity contribution in [3.8, 4) is 0 Å². The van der Waals surface area contributed by atoms with Crippen LogP contribution < -0.4 is 15.5 Å². The summed E-state index contributed by atoms with van der Waals surface area (Å²) in [5.74, 6) is 2.60. The van der Waals surface area contributed by atoms with Gasteiger partial charge in [-0.2, -0.15) is 0 Å². The van der Waals surface area contributed by atoms with E-state index in [1.54, 1.807) is 0 Å². The predicted octanol–water partition coefficient (Wildman–Crippen LogP) is 1.62. The van der Waals surface area contributed by atoms with Crippen LogP contribution in [0, 0.1) is 5.92 Å². The molecule has 2 atom stereocenters. The molecule has 0 saturated carbocycles. The Kier molecular flexibility index (Phi) is 7.72. The number of rotatable bonds is 6. The second-order valence-corrected chi connectivity index (χ2v) is 8.78. The molecule has 2 fully saturated rings. The summed E-state index contributed by atoms with van der Waals surface area (Å²) >= 11 is 0. The van der Waals surface area contributed by atoms with Crippen LogP contribution in [0.3, 0.4) is 0 Å². The number of likely N-dealkylation sites (N-methyl/N-ethyl adjacent to an activating group) is 1. The van der Waals surface area contributed by atoms with Crippen molar-refractivity contribution in [1.29, 1.82) is 0 Å². The van der Waals surface area contributed by atoms with Crippen LogP contribution in [-0.2, 0) is 6.54 Å². The zero-order valence-electron chi connectivity index (χ0n) is 18.9. The fraction of sp³-hybridized carbons (Fsp3) is 0.727. The SMILES string of the molecule is CCNC(=NCc1ccnc(N2CCN(C)CC2)c1)NC1CN(C(C)C)CC1C. The monoisotopic (exact) mass is 401 g/mol. The Morgan fingerprint density at radius 1 is 1.24 bits per heavy atom. The molecule has 3 rings (SSSR count). The third-order valence-electron chi connectivity index (χ3n) is 6.09. The molecule has 2 aliphatic heterocycles. The Morgan fingerprint density at radius 3 is 2.66 bits per heavy atom. The zero-order chi connectivity index (χ0) is 20.8. The third-order valence-corrected chi connectivity index (χ3v) is 6.09. The Bertz CT molecular complexity index is 667. The minimum atomic E-state index is 0.438. The van der Waals surface area contributed by atoms with Crippen molar-refractivity contribution in [3.05, 3.63) is 23.9 Å². The van der Waals surface area contributed by atoms with Gasteiger partial charge in [0.15, 0.2) is 5.96 Å². The van der Waals surface area contributed by atoms with Gasteiger partial charge in [-0.1, -0.05) is 6.92 Å². The van der Waals surface area contributed by atoms with E-state index in [1.807, 2.05) is 6.20 Å². The van der Waals surface area contributed by atoms with Crippen LogP contribution in [0.1, 0.15) is 33.3 Å². The van der Waals surface area contributed by atoms with E-state index in [9.17, 15) is 0 Å². The first kappa shape index (κ1) is 21.8. The first-order chi connectivity index (χ1) is 14.0. The first-order valence-corrected chi connectivity index (χ1v) is 11.1. The Balaban J connectivity index is 1.62. The van der Waals surface area contributed by atoms with E-state index < -0.39 is 0 Å². The van der Waals surface area contributed by atoms with Crippen LogP contribution in [0.25, 0.3) is 0 Å². The van der Waals surface area contributed by atoms with Crippen molar-refractivity contribution in [2.24, 2.45) is 10.9 Å². The summed E-state index contributed by atoms with van der Waals surface area (Å²) < 4.78 is 0. The standard InChI is InChI=1S/C22H39N7/c1-6-23-22(26-20-16-29(17(2)3)15-18(20)4)25-14-19-7-8-24-21(13-19)28-11-9-27(5)10-12-28/h7-8,13,17-18,20H,6,9-12,14-16H2,1-5H3,(H2,23,25,26). The Labute approximate surface area is 176 Å². The minimum absolute atomic E-state index is 0.438. The highest BCUT2D eigenvalue weighted by atomic mass is 15.3. The van der Waals surface area contributed by atoms with Gasteiger partial charge in [0.1, 0.15) is 5.82 Å². The lowest BCUT2D eigenvalue weighted by Crippen LogP contribution is -2.46. The summed E-state index contributed by atoms with van der Waals surface area (Å²) in [7, 11) is 2.18. The van der Waals surface area contributed by atoms with Crippen molar-refractivity contribution in [3.63, 3.8) is 0 Å². The summed E-state index contributed by atoms with van der Waals surface area (Å²) in [5, 5.41) is 7.09. The van der Waals surface area contributed by atoms with Crippen LogP contribution in [0.4, 0.5) is 5.82 Å². The number of guanidine groups is 1. The third kappa shape index (κ3) is 6.06. The Morgan fingerprint density at radius 2 is 2.00 bits per heavy atom. The number of hydrogen-bond donors (Lipinski definition) is 2. The molecule has 162 valence electrons. The smallest absolute Gasteiger partial charge is 0.191 e. The topological polar surface area (TPSA) is 59.0 Å². The van der Waals surface area contributed by atoms with E-state index >= 15 is 0 Å². The van der Waals surface area contributed by atoms with Gasteiger partial charge in [-0.25, -0.2) is 9.98 Å². The van der Waals surface area contributed by atoms with Gasteiger partial charge in [-0.15, -0.1) is 0 Å². The number of nitrogens with zero attached hydrogens (tertiary/aromatic N) is 5. The molecule has 0 radical (unpaired) electrons. The number of hydrogen-bond acceptors (Lipinski definition) is 5. The lowest BCUT2D eigenvalue weighted by atomic mass is 10.1. The molecule has 0 aromatic carbocycles. The number of aromatic nitrogens is 1. The quantitative estimate of drug-likeness (QED) is 0.558. The van der Waals surface area contributed by atoms with E-state index in [0.29, 0.717) is 24.5 Å². The average Bonchev–Trinajstić information content (AvgIpc) is 3.08. The first-order valence-electron chi connectivity index (χ1n) is 11.1. The molecule has 2 aliphatic rings. The number of anilines is 1. The van der Waals surface area contributed by atoms with E-state index in [2.05, 4.69) is 77.2 Å². The molecule has 1 aromatic heterocycles. The van der Waals surface area contributed by atoms with E-state index in [-0.39, 0.29) is 0 Å². The molecule has 0 spiro atoms.